The highest BCUT2D eigenvalue weighted by atomic mass is 32.2. The lowest BCUT2D eigenvalue weighted by atomic mass is 10.5. The molecule has 0 aliphatic rings. The van der Waals surface area contributed by atoms with Crippen molar-refractivity contribution in [2.45, 2.75) is 12.8 Å². The molecule has 0 radical (unpaired) electrons. The molecule has 0 heterocycles. The predicted octanol–water partition coefficient (Wildman–Crippen LogP) is 0.486. The Hall–Kier alpha value is -0.0900. The predicted molar refractivity (Wildman–Crippen MR) is 83.7 cm³/mol. The van der Waals surface area contributed by atoms with E-state index in [1.165, 1.54) is 0 Å². The maximum absolute atomic E-state index is 9.29. The number of hydrogen-bond donors (Lipinski definition) is 6. The molecule has 0 aromatic heterocycles. The SMILES string of the molecule is O=C(O)CS.O=C(O)CS.OCCCSCCCO. The topological polar surface area (TPSA) is 115 Å². The Morgan fingerprint density at radius 3 is 1.26 bits per heavy atom. The Morgan fingerprint density at radius 1 is 0.842 bits per heavy atom. The molecule has 6 nitrogen and oxygen atoms in total. The summed E-state index contributed by atoms with van der Waals surface area (Å²) < 4.78 is 0. The lowest BCUT2D eigenvalue weighted by molar-refractivity contribution is -0.134. The van der Waals surface area contributed by atoms with E-state index in [1.807, 2.05) is 0 Å². The summed E-state index contributed by atoms with van der Waals surface area (Å²) in [6, 6.07) is 0. The van der Waals surface area contributed by atoms with Gasteiger partial charge in [0.05, 0.1) is 11.5 Å². The highest BCUT2D eigenvalue weighted by Crippen LogP contribution is 2.02. The normalized spacial score (nSPS) is 8.63. The number of carboxylic acid groups (broad SMARTS) is 2. The van der Waals surface area contributed by atoms with Crippen molar-refractivity contribution in [2.75, 3.05) is 36.2 Å². The van der Waals surface area contributed by atoms with E-state index in [0.717, 1.165) is 24.3 Å². The van der Waals surface area contributed by atoms with Crippen LogP contribution in [0.25, 0.3) is 0 Å². The van der Waals surface area contributed by atoms with Crippen LogP contribution in [0.15, 0.2) is 0 Å². The van der Waals surface area contributed by atoms with E-state index in [4.69, 9.17) is 20.4 Å². The number of aliphatic carboxylic acids is 2. The molecule has 0 aliphatic carbocycles. The number of rotatable bonds is 8. The fourth-order valence-electron chi connectivity index (χ4n) is 0.435. The van der Waals surface area contributed by atoms with Crippen LogP contribution in [0.5, 0.6) is 0 Å². The van der Waals surface area contributed by atoms with Gasteiger partial charge in [-0.3, -0.25) is 9.59 Å². The molecule has 19 heavy (non-hydrogen) atoms. The molecule has 9 heteroatoms. The quantitative estimate of drug-likeness (QED) is 0.283. The van der Waals surface area contributed by atoms with Crippen molar-refractivity contribution < 1.29 is 30.0 Å². The average Bonchev–Trinajstić information content (AvgIpc) is 2.40. The van der Waals surface area contributed by atoms with Gasteiger partial charge in [-0.15, -0.1) is 0 Å². The van der Waals surface area contributed by atoms with Crippen molar-refractivity contribution in [3.8, 4) is 0 Å². The van der Waals surface area contributed by atoms with E-state index < -0.39 is 11.9 Å². The van der Waals surface area contributed by atoms with Gasteiger partial charge in [-0.25, -0.2) is 0 Å². The van der Waals surface area contributed by atoms with Crippen molar-refractivity contribution in [3.05, 3.63) is 0 Å². The molecular formula is C10H22O6S3. The largest absolute Gasteiger partial charge is 0.481 e. The van der Waals surface area contributed by atoms with E-state index in [0.29, 0.717) is 0 Å². The zero-order valence-electron chi connectivity index (χ0n) is 10.6. The Kier molecular flexibility index (Phi) is 29.1. The number of thiol groups is 2. The highest BCUT2D eigenvalue weighted by Gasteiger charge is 1.86. The van der Waals surface area contributed by atoms with Crippen molar-refractivity contribution in [2.24, 2.45) is 0 Å². The minimum Gasteiger partial charge on any atom is -0.481 e. The van der Waals surface area contributed by atoms with Gasteiger partial charge in [-0.2, -0.15) is 37.0 Å². The van der Waals surface area contributed by atoms with Gasteiger partial charge in [-0.1, -0.05) is 0 Å². The molecule has 0 atom stereocenters. The van der Waals surface area contributed by atoms with Gasteiger partial charge in [0.1, 0.15) is 0 Å². The standard InChI is InChI=1S/C6H14O2S.2C2H4O2S/c7-3-1-5-9-6-2-4-8;2*3-2(4)1-5/h7-8H,1-6H2;2*5H,1H2,(H,3,4). The maximum atomic E-state index is 9.29. The smallest absolute Gasteiger partial charge is 0.313 e. The van der Waals surface area contributed by atoms with Crippen molar-refractivity contribution in [1.29, 1.82) is 0 Å². The van der Waals surface area contributed by atoms with Gasteiger partial charge >= 0.3 is 11.9 Å². The summed E-state index contributed by atoms with van der Waals surface area (Å²) in [5.41, 5.74) is 0. The van der Waals surface area contributed by atoms with Crippen molar-refractivity contribution in [1.82, 2.24) is 0 Å². The van der Waals surface area contributed by atoms with Crippen LogP contribution in [0.3, 0.4) is 0 Å². The Balaban J connectivity index is -0.000000219. The Morgan fingerprint density at radius 2 is 1.11 bits per heavy atom. The summed E-state index contributed by atoms with van der Waals surface area (Å²) in [4.78, 5) is 18.6. The first-order valence-electron chi connectivity index (χ1n) is 5.40. The summed E-state index contributed by atoms with van der Waals surface area (Å²) in [6.07, 6.45) is 1.74. The van der Waals surface area contributed by atoms with Crippen LogP contribution < -0.4 is 0 Å². The van der Waals surface area contributed by atoms with Gasteiger partial charge in [0.2, 0.25) is 0 Å². The summed E-state index contributed by atoms with van der Waals surface area (Å²) in [5, 5.41) is 32.0. The molecule has 0 fully saturated rings. The molecule has 0 bridgehead atoms. The third-order valence-corrected chi connectivity index (χ3v) is 2.86. The molecule has 0 aliphatic heterocycles. The second kappa shape index (κ2) is 23.0. The first-order valence-corrected chi connectivity index (χ1v) is 7.82. The number of thioether (sulfide) groups is 1. The minimum atomic E-state index is -0.881. The fourth-order valence-corrected chi connectivity index (χ4v) is 1.31. The van der Waals surface area contributed by atoms with Gasteiger partial charge in [0.15, 0.2) is 0 Å². The molecule has 0 unspecified atom stereocenters. The Labute approximate surface area is 128 Å². The van der Waals surface area contributed by atoms with E-state index >= 15 is 0 Å². The first kappa shape index (κ1) is 24.0. The van der Waals surface area contributed by atoms with Crippen LogP contribution in [0.4, 0.5) is 0 Å². The summed E-state index contributed by atoms with van der Waals surface area (Å²) in [5.74, 6) is 0.0918. The number of hydrogen-bond acceptors (Lipinski definition) is 7. The maximum Gasteiger partial charge on any atom is 0.313 e. The molecule has 0 aromatic carbocycles. The van der Waals surface area contributed by atoms with Crippen LogP contribution >= 0.6 is 37.0 Å². The monoisotopic (exact) mass is 334 g/mol. The minimum absolute atomic E-state index is 0.0833. The number of aliphatic hydroxyl groups excluding tert-OH is 2. The number of aliphatic hydroxyl groups is 2. The summed E-state index contributed by atoms with van der Waals surface area (Å²) in [6.45, 7) is 0.568. The molecule has 4 N–H and O–H groups in total. The summed E-state index contributed by atoms with van der Waals surface area (Å²) >= 11 is 8.61. The van der Waals surface area contributed by atoms with Crippen molar-refractivity contribution in [3.63, 3.8) is 0 Å². The van der Waals surface area contributed by atoms with E-state index in [9.17, 15) is 9.59 Å². The second-order valence-corrected chi connectivity index (χ2v) is 4.73. The van der Waals surface area contributed by atoms with Crippen LogP contribution in [-0.4, -0.2) is 68.6 Å². The van der Waals surface area contributed by atoms with E-state index in [1.54, 1.807) is 11.8 Å². The third kappa shape index (κ3) is 46.2. The molecule has 0 aromatic rings. The third-order valence-electron chi connectivity index (χ3n) is 1.16. The molecule has 116 valence electrons. The van der Waals surface area contributed by atoms with Crippen LogP contribution in [0.1, 0.15) is 12.8 Å². The van der Waals surface area contributed by atoms with Crippen LogP contribution in [-0.2, 0) is 9.59 Å². The molecule has 0 rings (SSSR count). The zero-order chi connectivity index (χ0) is 15.5. The first-order chi connectivity index (χ1) is 8.95. The van der Waals surface area contributed by atoms with E-state index in [2.05, 4.69) is 25.3 Å². The summed E-state index contributed by atoms with van der Waals surface area (Å²) in [7, 11) is 0. The Bertz CT molecular complexity index is 184. The lowest BCUT2D eigenvalue weighted by Crippen LogP contribution is -1.92. The fraction of sp³-hybridized carbons (Fsp3) is 0.800. The molecule has 0 spiro atoms. The van der Waals surface area contributed by atoms with Gasteiger partial charge < -0.3 is 20.4 Å². The average molecular weight is 334 g/mol. The number of carbonyl (C=O) groups is 2. The van der Waals surface area contributed by atoms with Gasteiger partial charge in [0.25, 0.3) is 0 Å². The van der Waals surface area contributed by atoms with Gasteiger partial charge in [0, 0.05) is 13.2 Å². The molecule has 0 saturated heterocycles. The number of carboxylic acids is 2. The lowest BCUT2D eigenvalue weighted by Gasteiger charge is -1.95. The van der Waals surface area contributed by atoms with E-state index in [-0.39, 0.29) is 24.7 Å². The second-order valence-electron chi connectivity index (χ2n) is 2.87. The van der Waals surface area contributed by atoms with Gasteiger partial charge in [-0.05, 0) is 24.3 Å². The zero-order valence-corrected chi connectivity index (χ0v) is 13.2. The highest BCUT2D eigenvalue weighted by molar-refractivity contribution is 7.99. The molecule has 0 saturated carbocycles. The molecular weight excluding hydrogens is 312 g/mol. The molecule has 0 amide bonds. The van der Waals surface area contributed by atoms with Crippen molar-refractivity contribution >= 4 is 49.0 Å². The van der Waals surface area contributed by atoms with Crippen LogP contribution in [0.2, 0.25) is 0 Å². The van der Waals surface area contributed by atoms with Crippen LogP contribution in [0, 0.1) is 0 Å².